The lowest BCUT2D eigenvalue weighted by Crippen LogP contribution is -2.39. The molecule has 8 nitrogen and oxygen atoms in total. The number of rotatable bonds is 6. The number of aryl methyl sites for hydroxylation is 2. The molecule has 0 radical (unpaired) electrons. The molecule has 0 bridgehead atoms. The predicted octanol–water partition coefficient (Wildman–Crippen LogP) is 2.78. The third-order valence-electron chi connectivity index (χ3n) is 6.71. The van der Waals surface area contributed by atoms with Gasteiger partial charge in [-0.1, -0.05) is 36.4 Å². The minimum Gasteiger partial charge on any atom is -0.350 e. The first-order valence-corrected chi connectivity index (χ1v) is 11.7. The zero-order valence-corrected chi connectivity index (χ0v) is 19.7. The standard InChI is InChI=1S/C27H27N5O3/c1-17-12-21-14-22(13-19-6-4-3-5-7-19)26(34)30-25(21)27(35)32(17)16-24(33)29-15-20-8-9-23-28-10-11-31(23)18(20)2/h3-12,22H,13-16H2,1-2H3,(H,29,33)(H,30,34)/t22-/m1/s1. The summed E-state index contributed by atoms with van der Waals surface area (Å²) in [6.45, 7) is 4.01. The first kappa shape index (κ1) is 22.6. The van der Waals surface area contributed by atoms with Gasteiger partial charge < -0.3 is 19.6 Å². The summed E-state index contributed by atoms with van der Waals surface area (Å²) in [4.78, 5) is 42.9. The summed E-state index contributed by atoms with van der Waals surface area (Å²) >= 11 is 0. The lowest BCUT2D eigenvalue weighted by Gasteiger charge is -2.26. The van der Waals surface area contributed by atoms with Gasteiger partial charge in [0.2, 0.25) is 11.8 Å². The summed E-state index contributed by atoms with van der Waals surface area (Å²) in [5.74, 6) is -0.674. The van der Waals surface area contributed by atoms with Crippen molar-refractivity contribution in [1.29, 1.82) is 0 Å². The molecule has 2 amide bonds. The van der Waals surface area contributed by atoms with Gasteiger partial charge in [0.15, 0.2) is 0 Å². The lowest BCUT2D eigenvalue weighted by atomic mass is 9.88. The van der Waals surface area contributed by atoms with E-state index in [1.165, 1.54) is 4.57 Å². The molecule has 0 unspecified atom stereocenters. The summed E-state index contributed by atoms with van der Waals surface area (Å²) in [5, 5.41) is 5.71. The number of hydrogen-bond donors (Lipinski definition) is 2. The number of aromatic nitrogens is 3. The molecule has 4 heterocycles. The Bertz CT molecular complexity index is 1490. The zero-order chi connectivity index (χ0) is 24.5. The molecule has 2 N–H and O–H groups in total. The molecule has 3 aromatic heterocycles. The number of imidazole rings is 1. The van der Waals surface area contributed by atoms with E-state index in [2.05, 4.69) is 15.6 Å². The van der Waals surface area contributed by atoms with Gasteiger partial charge in [-0.2, -0.15) is 0 Å². The first-order valence-electron chi connectivity index (χ1n) is 11.7. The summed E-state index contributed by atoms with van der Waals surface area (Å²) in [6.07, 6.45) is 4.72. The van der Waals surface area contributed by atoms with Crippen molar-refractivity contribution < 1.29 is 9.59 Å². The summed E-state index contributed by atoms with van der Waals surface area (Å²) < 4.78 is 3.38. The second-order valence-electron chi connectivity index (χ2n) is 9.03. The number of hydrogen-bond acceptors (Lipinski definition) is 4. The molecule has 8 heteroatoms. The van der Waals surface area contributed by atoms with Crippen molar-refractivity contribution >= 4 is 23.1 Å². The molecule has 1 aromatic carbocycles. The highest BCUT2D eigenvalue weighted by Crippen LogP contribution is 2.26. The summed E-state index contributed by atoms with van der Waals surface area (Å²) in [7, 11) is 0. The van der Waals surface area contributed by atoms with E-state index in [0.29, 0.717) is 25.1 Å². The van der Waals surface area contributed by atoms with Gasteiger partial charge >= 0.3 is 0 Å². The van der Waals surface area contributed by atoms with Gasteiger partial charge in [-0.15, -0.1) is 0 Å². The number of fused-ring (bicyclic) bond motifs is 2. The summed E-state index contributed by atoms with van der Waals surface area (Å²) in [6, 6.07) is 15.6. The van der Waals surface area contributed by atoms with E-state index in [0.717, 1.165) is 28.0 Å². The third-order valence-corrected chi connectivity index (χ3v) is 6.71. The number of benzene rings is 1. The molecule has 4 aromatic rings. The molecule has 1 aliphatic rings. The van der Waals surface area contributed by atoms with Crippen LogP contribution in [0.3, 0.4) is 0 Å². The Labute approximate surface area is 202 Å². The van der Waals surface area contributed by atoms with E-state index in [9.17, 15) is 14.4 Å². The smallest absolute Gasteiger partial charge is 0.275 e. The molecular formula is C27H27N5O3. The van der Waals surface area contributed by atoms with E-state index >= 15 is 0 Å². The highest BCUT2D eigenvalue weighted by atomic mass is 16.2. The molecule has 0 saturated carbocycles. The average Bonchev–Trinajstić information content (AvgIpc) is 3.33. The van der Waals surface area contributed by atoms with E-state index < -0.39 is 0 Å². The second kappa shape index (κ2) is 9.21. The fourth-order valence-corrected chi connectivity index (χ4v) is 4.73. The van der Waals surface area contributed by atoms with Crippen molar-refractivity contribution in [3.05, 3.63) is 99.4 Å². The van der Waals surface area contributed by atoms with Crippen molar-refractivity contribution in [3.63, 3.8) is 0 Å². The average molecular weight is 470 g/mol. The molecule has 178 valence electrons. The first-order chi connectivity index (χ1) is 16.9. The van der Waals surface area contributed by atoms with E-state index in [1.54, 1.807) is 6.20 Å². The van der Waals surface area contributed by atoms with Gasteiger partial charge in [-0.3, -0.25) is 14.4 Å². The maximum atomic E-state index is 13.2. The van der Waals surface area contributed by atoms with Gasteiger partial charge in [0.1, 0.15) is 17.9 Å². The molecule has 0 saturated heterocycles. The minimum absolute atomic E-state index is 0.117. The fraction of sp³-hybridized carbons (Fsp3) is 0.259. The van der Waals surface area contributed by atoms with Crippen LogP contribution in [-0.2, 0) is 35.5 Å². The zero-order valence-electron chi connectivity index (χ0n) is 19.7. The van der Waals surface area contributed by atoms with Crippen LogP contribution in [0, 0.1) is 19.8 Å². The largest absolute Gasteiger partial charge is 0.350 e. The maximum Gasteiger partial charge on any atom is 0.275 e. The Morgan fingerprint density at radius 3 is 2.74 bits per heavy atom. The van der Waals surface area contributed by atoms with Crippen LogP contribution in [0.5, 0.6) is 0 Å². The summed E-state index contributed by atoms with van der Waals surface area (Å²) in [5.41, 5.74) is 5.33. The number of anilines is 1. The molecule has 1 aliphatic heterocycles. The van der Waals surface area contributed by atoms with Gasteiger partial charge in [-0.05, 0) is 55.5 Å². The van der Waals surface area contributed by atoms with Crippen LogP contribution >= 0.6 is 0 Å². The Hall–Kier alpha value is -4.20. The van der Waals surface area contributed by atoms with Gasteiger partial charge in [0.05, 0.1) is 0 Å². The molecule has 1 atom stereocenters. The Balaban J connectivity index is 1.30. The topological polar surface area (TPSA) is 97.5 Å². The quantitative estimate of drug-likeness (QED) is 0.454. The molecule has 0 fully saturated rings. The predicted molar refractivity (Wildman–Crippen MR) is 133 cm³/mol. The van der Waals surface area contributed by atoms with Crippen LogP contribution in [0.15, 0.2) is 65.7 Å². The number of amides is 2. The van der Waals surface area contributed by atoms with E-state index in [4.69, 9.17) is 0 Å². The highest BCUT2D eigenvalue weighted by molar-refractivity contribution is 5.95. The lowest BCUT2D eigenvalue weighted by molar-refractivity contribution is -0.122. The number of pyridine rings is 2. The number of nitrogens with zero attached hydrogens (tertiary/aromatic N) is 3. The second-order valence-corrected chi connectivity index (χ2v) is 9.03. The van der Waals surface area contributed by atoms with E-state index in [-0.39, 0.29) is 35.5 Å². The molecule has 35 heavy (non-hydrogen) atoms. The number of nitrogens with one attached hydrogen (secondary N) is 2. The van der Waals surface area contributed by atoms with Crippen LogP contribution in [0.25, 0.3) is 5.65 Å². The third kappa shape index (κ3) is 4.47. The molecule has 5 rings (SSSR count). The van der Waals surface area contributed by atoms with E-state index in [1.807, 2.05) is 73.0 Å². The SMILES string of the molecule is Cc1cc2c(c(=O)n1CC(=O)NCc1ccc3nccn3c1C)NC(=O)[C@H](Cc1ccccc1)C2. The molecular weight excluding hydrogens is 442 g/mol. The van der Waals surface area contributed by atoms with Crippen LogP contribution in [0.2, 0.25) is 0 Å². The Morgan fingerprint density at radius 1 is 1.14 bits per heavy atom. The van der Waals surface area contributed by atoms with Gasteiger partial charge in [-0.25, -0.2) is 4.98 Å². The monoisotopic (exact) mass is 469 g/mol. The highest BCUT2D eigenvalue weighted by Gasteiger charge is 2.29. The van der Waals surface area contributed by atoms with Gasteiger partial charge in [0, 0.05) is 36.2 Å². The van der Waals surface area contributed by atoms with Crippen LogP contribution in [-0.4, -0.2) is 25.8 Å². The van der Waals surface area contributed by atoms with Crippen molar-refractivity contribution in [2.24, 2.45) is 5.92 Å². The van der Waals surface area contributed by atoms with Crippen molar-refractivity contribution in [1.82, 2.24) is 19.3 Å². The molecule has 0 aliphatic carbocycles. The van der Waals surface area contributed by atoms with Crippen molar-refractivity contribution in [2.45, 2.75) is 39.8 Å². The molecule has 0 spiro atoms. The van der Waals surface area contributed by atoms with Crippen molar-refractivity contribution in [3.8, 4) is 0 Å². The maximum absolute atomic E-state index is 13.2. The fourth-order valence-electron chi connectivity index (χ4n) is 4.73. The Morgan fingerprint density at radius 2 is 1.94 bits per heavy atom. The van der Waals surface area contributed by atoms with Crippen LogP contribution in [0.1, 0.15) is 28.1 Å². The number of carbonyl (C=O) groups excluding carboxylic acids is 2. The van der Waals surface area contributed by atoms with Crippen LogP contribution < -0.4 is 16.2 Å². The number of carbonyl (C=O) groups is 2. The normalized spacial score (nSPS) is 15.0. The van der Waals surface area contributed by atoms with Crippen molar-refractivity contribution in [2.75, 3.05) is 5.32 Å². The van der Waals surface area contributed by atoms with Gasteiger partial charge in [0.25, 0.3) is 5.56 Å². The van der Waals surface area contributed by atoms with Crippen LogP contribution in [0.4, 0.5) is 5.69 Å². The Kier molecular flexibility index (Phi) is 5.94. The minimum atomic E-state index is -0.349.